The average Bonchev–Trinajstić information content (AvgIpc) is 2.03. The first kappa shape index (κ1) is 11.2. The molecular formula is C10H19Br. The third-order valence-corrected chi connectivity index (χ3v) is 2.45. The molecule has 0 rings (SSSR count). The summed E-state index contributed by atoms with van der Waals surface area (Å²) in [5.41, 5.74) is 1.57. The first-order valence-electron chi connectivity index (χ1n) is 4.59. The van der Waals surface area contributed by atoms with Gasteiger partial charge >= 0.3 is 0 Å². The molecule has 11 heavy (non-hydrogen) atoms. The van der Waals surface area contributed by atoms with Crippen LogP contribution in [0.3, 0.4) is 0 Å². The van der Waals surface area contributed by atoms with Gasteiger partial charge in [-0.3, -0.25) is 0 Å². The highest BCUT2D eigenvalue weighted by Crippen LogP contribution is 2.10. The third-order valence-electron chi connectivity index (χ3n) is 1.73. The highest BCUT2D eigenvalue weighted by molar-refractivity contribution is 9.09. The monoisotopic (exact) mass is 218 g/mol. The molecule has 0 aromatic heterocycles. The van der Waals surface area contributed by atoms with E-state index in [9.17, 15) is 0 Å². The van der Waals surface area contributed by atoms with E-state index >= 15 is 0 Å². The SMILES string of the molecule is CCCC/C=C(\CBr)CCC. The molecule has 0 radical (unpaired) electrons. The number of unbranched alkanes of at least 4 members (excludes halogenated alkanes) is 2. The van der Waals surface area contributed by atoms with Crippen molar-refractivity contribution in [1.82, 2.24) is 0 Å². The van der Waals surface area contributed by atoms with Gasteiger partial charge in [-0.15, -0.1) is 0 Å². The Morgan fingerprint density at radius 1 is 1.27 bits per heavy atom. The second kappa shape index (κ2) is 8.32. The summed E-state index contributed by atoms with van der Waals surface area (Å²) in [6.07, 6.45) is 8.82. The van der Waals surface area contributed by atoms with Crippen molar-refractivity contribution in [2.45, 2.75) is 46.0 Å². The van der Waals surface area contributed by atoms with E-state index in [4.69, 9.17) is 0 Å². The summed E-state index contributed by atoms with van der Waals surface area (Å²) >= 11 is 3.50. The quantitative estimate of drug-likeness (QED) is 0.355. The van der Waals surface area contributed by atoms with Crippen LogP contribution in [0.1, 0.15) is 46.0 Å². The molecule has 0 saturated carbocycles. The van der Waals surface area contributed by atoms with Gasteiger partial charge in [0.1, 0.15) is 0 Å². The van der Waals surface area contributed by atoms with Crippen molar-refractivity contribution >= 4 is 15.9 Å². The molecule has 0 aromatic rings. The Bertz CT molecular complexity index is 105. The molecule has 0 saturated heterocycles. The number of hydrogen-bond donors (Lipinski definition) is 0. The van der Waals surface area contributed by atoms with Crippen LogP contribution in [0.2, 0.25) is 0 Å². The molecule has 0 aromatic carbocycles. The van der Waals surface area contributed by atoms with Crippen LogP contribution in [-0.4, -0.2) is 5.33 Å². The van der Waals surface area contributed by atoms with Crippen molar-refractivity contribution in [3.05, 3.63) is 11.6 Å². The molecule has 0 spiro atoms. The minimum absolute atomic E-state index is 1.06. The Kier molecular flexibility index (Phi) is 8.48. The molecule has 0 N–H and O–H groups in total. The van der Waals surface area contributed by atoms with Crippen LogP contribution in [0.5, 0.6) is 0 Å². The first-order chi connectivity index (χ1) is 5.35. The van der Waals surface area contributed by atoms with E-state index in [1.54, 1.807) is 5.57 Å². The molecule has 0 atom stereocenters. The standard InChI is InChI=1S/C10H19Br/c1-3-5-6-8-10(9-11)7-4-2/h8H,3-7,9H2,1-2H3/b10-8-. The van der Waals surface area contributed by atoms with E-state index in [-0.39, 0.29) is 0 Å². The van der Waals surface area contributed by atoms with E-state index in [1.807, 2.05) is 0 Å². The highest BCUT2D eigenvalue weighted by Gasteiger charge is 1.91. The molecule has 1 heteroatoms. The van der Waals surface area contributed by atoms with Gasteiger partial charge in [0.2, 0.25) is 0 Å². The molecule has 66 valence electrons. The third kappa shape index (κ3) is 6.61. The Morgan fingerprint density at radius 2 is 2.00 bits per heavy atom. The topological polar surface area (TPSA) is 0 Å². The van der Waals surface area contributed by atoms with Crippen molar-refractivity contribution in [3.63, 3.8) is 0 Å². The molecule has 0 nitrogen and oxygen atoms in total. The van der Waals surface area contributed by atoms with Crippen LogP contribution in [0.15, 0.2) is 11.6 Å². The lowest BCUT2D eigenvalue weighted by Crippen LogP contribution is -1.83. The van der Waals surface area contributed by atoms with Gasteiger partial charge in [-0.25, -0.2) is 0 Å². The minimum Gasteiger partial charge on any atom is -0.0880 e. The summed E-state index contributed by atoms with van der Waals surface area (Å²) in [6.45, 7) is 4.47. The zero-order valence-corrected chi connectivity index (χ0v) is 9.28. The summed E-state index contributed by atoms with van der Waals surface area (Å²) < 4.78 is 0. The van der Waals surface area contributed by atoms with Gasteiger partial charge in [-0.05, 0) is 12.8 Å². The summed E-state index contributed by atoms with van der Waals surface area (Å²) in [4.78, 5) is 0. The zero-order chi connectivity index (χ0) is 8.53. The Morgan fingerprint density at radius 3 is 2.45 bits per heavy atom. The van der Waals surface area contributed by atoms with Gasteiger partial charge in [0, 0.05) is 5.33 Å². The second-order valence-corrected chi connectivity index (χ2v) is 3.45. The summed E-state index contributed by atoms with van der Waals surface area (Å²) in [5.74, 6) is 0. The van der Waals surface area contributed by atoms with Crippen molar-refractivity contribution in [2.75, 3.05) is 5.33 Å². The zero-order valence-electron chi connectivity index (χ0n) is 7.70. The van der Waals surface area contributed by atoms with Crippen LogP contribution in [-0.2, 0) is 0 Å². The number of hydrogen-bond acceptors (Lipinski definition) is 0. The van der Waals surface area contributed by atoms with Crippen LogP contribution in [0.4, 0.5) is 0 Å². The maximum absolute atomic E-state index is 3.50. The van der Waals surface area contributed by atoms with Crippen LogP contribution >= 0.6 is 15.9 Å². The largest absolute Gasteiger partial charge is 0.0880 e. The molecule has 0 fully saturated rings. The van der Waals surface area contributed by atoms with Crippen LogP contribution in [0.25, 0.3) is 0 Å². The predicted molar refractivity (Wildman–Crippen MR) is 56.3 cm³/mol. The Labute approximate surface area is 79.2 Å². The highest BCUT2D eigenvalue weighted by atomic mass is 79.9. The minimum atomic E-state index is 1.06. The molecule has 0 amide bonds. The molecular weight excluding hydrogens is 200 g/mol. The van der Waals surface area contributed by atoms with E-state index in [0.29, 0.717) is 0 Å². The predicted octanol–water partition coefficient (Wildman–Crippen LogP) is 4.30. The van der Waals surface area contributed by atoms with E-state index < -0.39 is 0 Å². The van der Waals surface area contributed by atoms with Crippen molar-refractivity contribution in [1.29, 1.82) is 0 Å². The smallest absolute Gasteiger partial charge is 0.0241 e. The van der Waals surface area contributed by atoms with Gasteiger partial charge in [0.15, 0.2) is 0 Å². The van der Waals surface area contributed by atoms with Gasteiger partial charge in [0.25, 0.3) is 0 Å². The molecule has 0 unspecified atom stereocenters. The fourth-order valence-corrected chi connectivity index (χ4v) is 1.56. The molecule has 0 aliphatic heterocycles. The van der Waals surface area contributed by atoms with Gasteiger partial charge < -0.3 is 0 Å². The lowest BCUT2D eigenvalue weighted by Gasteiger charge is -2.00. The lowest BCUT2D eigenvalue weighted by atomic mass is 10.1. The van der Waals surface area contributed by atoms with E-state index in [1.165, 1.54) is 32.1 Å². The lowest BCUT2D eigenvalue weighted by molar-refractivity contribution is 0.802. The number of alkyl halides is 1. The van der Waals surface area contributed by atoms with E-state index in [2.05, 4.69) is 35.9 Å². The number of halogens is 1. The molecule has 0 heterocycles. The maximum Gasteiger partial charge on any atom is 0.0241 e. The summed E-state index contributed by atoms with van der Waals surface area (Å²) in [5, 5.41) is 1.06. The summed E-state index contributed by atoms with van der Waals surface area (Å²) in [6, 6.07) is 0. The molecule has 0 aliphatic carbocycles. The fraction of sp³-hybridized carbons (Fsp3) is 0.800. The Balaban J connectivity index is 3.52. The molecule has 0 aliphatic rings. The normalized spacial score (nSPS) is 12.1. The van der Waals surface area contributed by atoms with Crippen LogP contribution < -0.4 is 0 Å². The van der Waals surface area contributed by atoms with Crippen molar-refractivity contribution in [2.24, 2.45) is 0 Å². The van der Waals surface area contributed by atoms with Crippen LogP contribution in [0, 0.1) is 0 Å². The Hall–Kier alpha value is 0.220. The first-order valence-corrected chi connectivity index (χ1v) is 5.71. The number of allylic oxidation sites excluding steroid dienone is 2. The van der Waals surface area contributed by atoms with Crippen molar-refractivity contribution in [3.8, 4) is 0 Å². The second-order valence-electron chi connectivity index (χ2n) is 2.89. The summed E-state index contributed by atoms with van der Waals surface area (Å²) in [7, 11) is 0. The fourth-order valence-electron chi connectivity index (χ4n) is 1.05. The maximum atomic E-state index is 3.50. The van der Waals surface area contributed by atoms with Crippen molar-refractivity contribution < 1.29 is 0 Å². The van der Waals surface area contributed by atoms with Gasteiger partial charge in [-0.2, -0.15) is 0 Å². The average molecular weight is 219 g/mol. The van der Waals surface area contributed by atoms with E-state index in [0.717, 1.165) is 5.33 Å². The molecule has 0 bridgehead atoms. The van der Waals surface area contributed by atoms with Gasteiger partial charge in [-0.1, -0.05) is 60.7 Å². The van der Waals surface area contributed by atoms with Gasteiger partial charge in [0.05, 0.1) is 0 Å². The number of rotatable bonds is 6.